The zero-order chi connectivity index (χ0) is 15.4. The minimum atomic E-state index is -2.66. The van der Waals surface area contributed by atoms with E-state index in [0.717, 1.165) is 29.1 Å². The molecular formula is C13H16F2N2O3S. The summed E-state index contributed by atoms with van der Waals surface area (Å²) in [6, 6.07) is 3.07. The number of amides is 2. The van der Waals surface area contributed by atoms with Crippen LogP contribution in [0.1, 0.15) is 22.5 Å². The van der Waals surface area contributed by atoms with Gasteiger partial charge in [0.1, 0.15) is 0 Å². The fourth-order valence-electron chi connectivity index (χ4n) is 1.81. The second-order valence-corrected chi connectivity index (χ2v) is 5.88. The van der Waals surface area contributed by atoms with Crippen LogP contribution in [-0.4, -0.2) is 47.9 Å². The van der Waals surface area contributed by atoms with E-state index in [1.54, 1.807) is 6.07 Å². The molecule has 1 fully saturated rings. The molecule has 0 aliphatic heterocycles. The molecule has 0 aromatic carbocycles. The molecule has 1 aromatic heterocycles. The molecular weight excluding hydrogens is 302 g/mol. The Morgan fingerprint density at radius 2 is 2.14 bits per heavy atom. The minimum absolute atomic E-state index is 0.0518. The number of carbonyl (C=O) groups excluding carboxylic acids is 2. The van der Waals surface area contributed by atoms with Crippen molar-refractivity contribution in [3.63, 3.8) is 0 Å². The van der Waals surface area contributed by atoms with Gasteiger partial charge in [0.05, 0.1) is 23.0 Å². The Morgan fingerprint density at radius 1 is 1.43 bits per heavy atom. The van der Waals surface area contributed by atoms with Crippen LogP contribution in [0, 0.1) is 5.92 Å². The Balaban J connectivity index is 2.00. The first-order chi connectivity index (χ1) is 10.0. The fourth-order valence-corrected chi connectivity index (χ4v) is 2.69. The molecule has 5 nitrogen and oxygen atoms in total. The van der Waals surface area contributed by atoms with E-state index in [0.29, 0.717) is 5.00 Å². The van der Waals surface area contributed by atoms with E-state index < -0.39 is 18.9 Å². The zero-order valence-corrected chi connectivity index (χ0v) is 12.0. The van der Waals surface area contributed by atoms with Crippen LogP contribution in [0.2, 0.25) is 0 Å². The molecule has 21 heavy (non-hydrogen) atoms. The summed E-state index contributed by atoms with van der Waals surface area (Å²) in [4.78, 5) is 24.9. The van der Waals surface area contributed by atoms with Crippen LogP contribution in [0.4, 0.5) is 13.8 Å². The van der Waals surface area contributed by atoms with Crippen LogP contribution in [0.3, 0.4) is 0 Å². The van der Waals surface area contributed by atoms with E-state index in [2.05, 4.69) is 5.32 Å². The molecule has 0 radical (unpaired) electrons. The summed E-state index contributed by atoms with van der Waals surface area (Å²) in [5.74, 6) is -0.590. The Kier molecular flexibility index (Phi) is 5.24. The van der Waals surface area contributed by atoms with Gasteiger partial charge < -0.3 is 15.3 Å². The summed E-state index contributed by atoms with van der Waals surface area (Å²) >= 11 is 1.05. The Morgan fingerprint density at radius 3 is 2.71 bits per heavy atom. The van der Waals surface area contributed by atoms with Gasteiger partial charge in [-0.05, 0) is 25.0 Å². The third-order valence-corrected chi connectivity index (χ3v) is 4.02. The number of halogens is 2. The van der Waals surface area contributed by atoms with Gasteiger partial charge >= 0.3 is 0 Å². The van der Waals surface area contributed by atoms with Crippen molar-refractivity contribution in [1.29, 1.82) is 0 Å². The molecule has 116 valence electrons. The highest BCUT2D eigenvalue weighted by atomic mass is 32.1. The molecule has 1 heterocycles. The van der Waals surface area contributed by atoms with Crippen LogP contribution in [0.5, 0.6) is 0 Å². The quantitative estimate of drug-likeness (QED) is 0.805. The maximum atomic E-state index is 12.4. The van der Waals surface area contributed by atoms with Crippen LogP contribution in [-0.2, 0) is 4.79 Å². The van der Waals surface area contributed by atoms with Gasteiger partial charge in [0, 0.05) is 12.5 Å². The number of hydrogen-bond donors (Lipinski definition) is 2. The molecule has 8 heteroatoms. The number of aliphatic hydroxyl groups excluding tert-OH is 1. The number of rotatable bonds is 7. The van der Waals surface area contributed by atoms with Crippen molar-refractivity contribution in [3.8, 4) is 0 Å². The first-order valence-electron chi connectivity index (χ1n) is 6.60. The second-order valence-electron chi connectivity index (χ2n) is 4.79. The highest BCUT2D eigenvalue weighted by Crippen LogP contribution is 2.31. The molecule has 1 aliphatic carbocycles. The number of alkyl halides is 2. The van der Waals surface area contributed by atoms with E-state index in [1.807, 2.05) is 0 Å². The summed E-state index contributed by atoms with van der Waals surface area (Å²) < 4.78 is 24.9. The topological polar surface area (TPSA) is 69.6 Å². The molecule has 1 saturated carbocycles. The third-order valence-electron chi connectivity index (χ3n) is 3.03. The van der Waals surface area contributed by atoms with Gasteiger partial charge in [-0.3, -0.25) is 9.59 Å². The summed E-state index contributed by atoms with van der Waals surface area (Å²) in [6.45, 7) is -1.25. The van der Waals surface area contributed by atoms with Crippen molar-refractivity contribution in [2.45, 2.75) is 19.3 Å². The first-order valence-corrected chi connectivity index (χ1v) is 7.42. The highest BCUT2D eigenvalue weighted by Gasteiger charge is 2.30. The third kappa shape index (κ3) is 4.47. The first kappa shape index (κ1) is 15.8. The number of nitrogens with one attached hydrogen (secondary N) is 1. The van der Waals surface area contributed by atoms with Crippen molar-refractivity contribution < 1.29 is 23.5 Å². The summed E-state index contributed by atoms with van der Waals surface area (Å²) in [7, 11) is 0. The predicted molar refractivity (Wildman–Crippen MR) is 74.7 cm³/mol. The number of aliphatic hydroxyl groups is 1. The average molecular weight is 318 g/mol. The van der Waals surface area contributed by atoms with Crippen LogP contribution in [0.25, 0.3) is 0 Å². The monoisotopic (exact) mass is 318 g/mol. The molecule has 0 saturated heterocycles. The van der Waals surface area contributed by atoms with Crippen molar-refractivity contribution in [2.75, 3.05) is 25.0 Å². The number of hydrogen-bond acceptors (Lipinski definition) is 4. The van der Waals surface area contributed by atoms with Gasteiger partial charge in [-0.25, -0.2) is 8.78 Å². The van der Waals surface area contributed by atoms with Gasteiger partial charge in [0.2, 0.25) is 5.91 Å². The van der Waals surface area contributed by atoms with E-state index >= 15 is 0 Å². The van der Waals surface area contributed by atoms with E-state index in [-0.39, 0.29) is 29.9 Å². The molecule has 1 aliphatic rings. The van der Waals surface area contributed by atoms with Crippen LogP contribution in [0.15, 0.2) is 12.1 Å². The smallest absolute Gasteiger partial charge is 0.264 e. The maximum absolute atomic E-state index is 12.4. The molecule has 0 spiro atoms. The van der Waals surface area contributed by atoms with Crippen molar-refractivity contribution in [3.05, 3.63) is 17.0 Å². The van der Waals surface area contributed by atoms with E-state index in [4.69, 9.17) is 5.11 Å². The molecule has 0 bridgehead atoms. The lowest BCUT2D eigenvalue weighted by atomic mass is 10.3. The van der Waals surface area contributed by atoms with Crippen LogP contribution >= 0.6 is 11.3 Å². The summed E-state index contributed by atoms with van der Waals surface area (Å²) in [6.07, 6.45) is -0.905. The van der Waals surface area contributed by atoms with Gasteiger partial charge in [0.25, 0.3) is 12.3 Å². The molecule has 1 aromatic rings. The molecule has 0 unspecified atom stereocenters. The Hall–Kier alpha value is -1.54. The Bertz CT molecular complexity index is 517. The number of nitrogens with zero attached hydrogens (tertiary/aromatic N) is 1. The second kappa shape index (κ2) is 6.95. The van der Waals surface area contributed by atoms with Gasteiger partial charge in [-0.2, -0.15) is 0 Å². The summed E-state index contributed by atoms with van der Waals surface area (Å²) in [5, 5.41) is 12.1. The molecule has 2 N–H and O–H groups in total. The van der Waals surface area contributed by atoms with Gasteiger partial charge in [-0.1, -0.05) is 0 Å². The predicted octanol–water partition coefficient (Wildman–Crippen LogP) is 1.80. The zero-order valence-electron chi connectivity index (χ0n) is 11.2. The highest BCUT2D eigenvalue weighted by molar-refractivity contribution is 7.18. The van der Waals surface area contributed by atoms with Crippen molar-refractivity contribution >= 4 is 28.2 Å². The standard InChI is InChI=1S/C13H16F2N2O3S/c14-10(15)7-17(5-6-18)13(20)9-3-4-11(21-9)16-12(19)8-1-2-8/h3-4,8,10,18H,1-2,5-7H2,(H,16,19). The largest absolute Gasteiger partial charge is 0.395 e. The maximum Gasteiger partial charge on any atom is 0.264 e. The van der Waals surface area contributed by atoms with Crippen LogP contribution < -0.4 is 5.32 Å². The SMILES string of the molecule is O=C(Nc1ccc(C(=O)N(CCO)CC(F)F)s1)C1CC1. The average Bonchev–Trinajstić information content (AvgIpc) is 3.18. The van der Waals surface area contributed by atoms with Crippen molar-refractivity contribution in [1.82, 2.24) is 4.90 Å². The van der Waals surface area contributed by atoms with Gasteiger partial charge in [0.15, 0.2) is 0 Å². The van der Waals surface area contributed by atoms with Crippen molar-refractivity contribution in [2.24, 2.45) is 5.92 Å². The summed E-state index contributed by atoms with van der Waals surface area (Å²) in [5.41, 5.74) is 0. The lowest BCUT2D eigenvalue weighted by molar-refractivity contribution is -0.117. The Labute approximate surface area is 124 Å². The minimum Gasteiger partial charge on any atom is -0.395 e. The molecule has 2 rings (SSSR count). The lowest BCUT2D eigenvalue weighted by Gasteiger charge is -2.20. The van der Waals surface area contributed by atoms with E-state index in [9.17, 15) is 18.4 Å². The number of thiophene rings is 1. The number of anilines is 1. The number of carbonyl (C=O) groups is 2. The lowest BCUT2D eigenvalue weighted by Crippen LogP contribution is -2.36. The molecule has 2 amide bonds. The fraction of sp³-hybridized carbons (Fsp3) is 0.538. The van der Waals surface area contributed by atoms with Gasteiger partial charge in [-0.15, -0.1) is 11.3 Å². The molecule has 0 atom stereocenters. The normalized spacial score (nSPS) is 14.3. The van der Waals surface area contributed by atoms with E-state index in [1.165, 1.54) is 6.07 Å².